The summed E-state index contributed by atoms with van der Waals surface area (Å²) >= 11 is 3.21. The normalized spacial score (nSPS) is 13.1. The fourth-order valence-corrected chi connectivity index (χ4v) is 1.93. The van der Waals surface area contributed by atoms with E-state index in [2.05, 4.69) is 47.0 Å². The average Bonchev–Trinajstić information content (AvgIpc) is 2.32. The third kappa shape index (κ3) is 4.74. The summed E-state index contributed by atoms with van der Waals surface area (Å²) in [6.07, 6.45) is 0. The topological polar surface area (TPSA) is 15.3 Å². The zero-order valence-corrected chi connectivity index (χ0v) is 12.2. The summed E-state index contributed by atoms with van der Waals surface area (Å²) in [4.78, 5) is 2.25. The van der Waals surface area contributed by atoms with Crippen LogP contribution in [0.2, 0.25) is 0 Å². The highest BCUT2D eigenvalue weighted by atomic mass is 79.9. The monoisotopic (exact) mass is 302 g/mol. The van der Waals surface area contributed by atoms with Crippen molar-refractivity contribution >= 4 is 15.9 Å². The third-order valence-corrected chi connectivity index (χ3v) is 3.54. The number of nitrogens with zero attached hydrogens (tertiary/aromatic N) is 1. The first-order chi connectivity index (χ1) is 8.04. The first-order valence-electron chi connectivity index (χ1n) is 5.91. The van der Waals surface area contributed by atoms with E-state index in [4.69, 9.17) is 0 Å². The molecular weight excluding hydrogens is 283 g/mol. The summed E-state index contributed by atoms with van der Waals surface area (Å²) in [6.45, 7) is 7.23. The van der Waals surface area contributed by atoms with Gasteiger partial charge in [0.25, 0.3) is 0 Å². The Bertz CT molecular complexity index is 357. The van der Waals surface area contributed by atoms with Gasteiger partial charge in [-0.3, -0.25) is 0 Å². The second-order valence-electron chi connectivity index (χ2n) is 4.25. The van der Waals surface area contributed by atoms with Crippen LogP contribution >= 0.6 is 15.9 Å². The molecular formula is C13H20BrFN2. The van der Waals surface area contributed by atoms with Crippen LogP contribution in [0.1, 0.15) is 25.5 Å². The lowest BCUT2D eigenvalue weighted by Crippen LogP contribution is -2.30. The smallest absolute Gasteiger partial charge is 0.137 e. The molecule has 0 aliphatic heterocycles. The van der Waals surface area contributed by atoms with E-state index in [1.165, 1.54) is 6.07 Å². The lowest BCUT2D eigenvalue weighted by atomic mass is 10.1. The Morgan fingerprint density at radius 2 is 2.18 bits per heavy atom. The SMILES string of the molecule is CCN(C)CCNC(C)c1ccc(F)c(Br)c1. The van der Waals surface area contributed by atoms with Crippen LogP contribution in [0.5, 0.6) is 0 Å². The lowest BCUT2D eigenvalue weighted by molar-refractivity contribution is 0.342. The van der Waals surface area contributed by atoms with Crippen molar-refractivity contribution in [2.24, 2.45) is 0 Å². The molecule has 0 aliphatic rings. The Morgan fingerprint density at radius 3 is 2.76 bits per heavy atom. The number of nitrogens with one attached hydrogen (secondary N) is 1. The summed E-state index contributed by atoms with van der Waals surface area (Å²) in [5.41, 5.74) is 1.09. The summed E-state index contributed by atoms with van der Waals surface area (Å²) < 4.78 is 13.6. The van der Waals surface area contributed by atoms with Gasteiger partial charge in [-0.1, -0.05) is 13.0 Å². The largest absolute Gasteiger partial charge is 0.309 e. The number of halogens is 2. The van der Waals surface area contributed by atoms with Crippen LogP contribution in [0.15, 0.2) is 22.7 Å². The number of hydrogen-bond acceptors (Lipinski definition) is 2. The van der Waals surface area contributed by atoms with E-state index < -0.39 is 0 Å². The maximum absolute atomic E-state index is 13.1. The predicted molar refractivity (Wildman–Crippen MR) is 73.7 cm³/mol. The van der Waals surface area contributed by atoms with E-state index in [1.54, 1.807) is 0 Å². The van der Waals surface area contributed by atoms with Gasteiger partial charge in [-0.15, -0.1) is 0 Å². The van der Waals surface area contributed by atoms with Gasteiger partial charge in [-0.25, -0.2) is 4.39 Å². The van der Waals surface area contributed by atoms with Gasteiger partial charge in [0.05, 0.1) is 4.47 Å². The Hall–Kier alpha value is -0.450. The molecule has 0 radical (unpaired) electrons. The van der Waals surface area contributed by atoms with Crippen molar-refractivity contribution in [3.8, 4) is 0 Å². The van der Waals surface area contributed by atoms with Crippen LogP contribution < -0.4 is 5.32 Å². The Kier molecular flexibility index (Phi) is 6.09. The molecule has 1 rings (SSSR count). The van der Waals surface area contributed by atoms with Crippen molar-refractivity contribution < 1.29 is 4.39 Å². The molecule has 4 heteroatoms. The highest BCUT2D eigenvalue weighted by molar-refractivity contribution is 9.10. The number of likely N-dealkylation sites (N-methyl/N-ethyl adjacent to an activating group) is 1. The van der Waals surface area contributed by atoms with Crippen molar-refractivity contribution in [2.75, 3.05) is 26.7 Å². The summed E-state index contributed by atoms with van der Waals surface area (Å²) in [6, 6.07) is 5.38. The molecule has 0 saturated heterocycles. The molecule has 2 nitrogen and oxygen atoms in total. The second kappa shape index (κ2) is 7.09. The van der Waals surface area contributed by atoms with Crippen molar-refractivity contribution in [1.82, 2.24) is 10.2 Å². The standard InChI is InChI=1S/C13H20BrFN2/c1-4-17(3)8-7-16-10(2)11-5-6-13(15)12(14)9-11/h5-6,9-10,16H,4,7-8H2,1-3H3. The van der Waals surface area contributed by atoms with Gasteiger partial charge in [0, 0.05) is 19.1 Å². The predicted octanol–water partition coefficient (Wildman–Crippen LogP) is 3.19. The molecule has 0 spiro atoms. The van der Waals surface area contributed by atoms with Crippen LogP contribution in [0.25, 0.3) is 0 Å². The van der Waals surface area contributed by atoms with Crippen LogP contribution in [-0.4, -0.2) is 31.6 Å². The van der Waals surface area contributed by atoms with E-state index in [0.29, 0.717) is 4.47 Å². The van der Waals surface area contributed by atoms with E-state index >= 15 is 0 Å². The number of hydrogen-bond donors (Lipinski definition) is 1. The minimum absolute atomic E-state index is 0.216. The maximum Gasteiger partial charge on any atom is 0.137 e. The first-order valence-corrected chi connectivity index (χ1v) is 6.70. The minimum Gasteiger partial charge on any atom is -0.309 e. The molecule has 1 aromatic rings. The van der Waals surface area contributed by atoms with Gasteiger partial charge in [-0.2, -0.15) is 0 Å². The van der Waals surface area contributed by atoms with E-state index in [1.807, 2.05) is 12.1 Å². The van der Waals surface area contributed by atoms with Crippen molar-refractivity contribution in [2.45, 2.75) is 19.9 Å². The first kappa shape index (κ1) is 14.6. The molecule has 1 N–H and O–H groups in total. The highest BCUT2D eigenvalue weighted by Crippen LogP contribution is 2.20. The summed E-state index contributed by atoms with van der Waals surface area (Å²) in [5, 5.41) is 3.43. The van der Waals surface area contributed by atoms with Gasteiger partial charge in [0.2, 0.25) is 0 Å². The van der Waals surface area contributed by atoms with Gasteiger partial charge in [-0.05, 0) is 54.1 Å². The van der Waals surface area contributed by atoms with E-state index in [-0.39, 0.29) is 11.9 Å². The number of rotatable bonds is 6. The van der Waals surface area contributed by atoms with Crippen LogP contribution in [0.4, 0.5) is 4.39 Å². The third-order valence-electron chi connectivity index (χ3n) is 2.93. The molecule has 0 aromatic heterocycles. The molecule has 0 heterocycles. The van der Waals surface area contributed by atoms with Crippen LogP contribution in [0, 0.1) is 5.82 Å². The molecule has 0 fully saturated rings. The second-order valence-corrected chi connectivity index (χ2v) is 5.10. The quantitative estimate of drug-likeness (QED) is 0.868. The average molecular weight is 303 g/mol. The molecule has 0 bridgehead atoms. The number of benzene rings is 1. The molecule has 1 aromatic carbocycles. The van der Waals surface area contributed by atoms with E-state index in [9.17, 15) is 4.39 Å². The molecule has 1 unspecified atom stereocenters. The van der Waals surface area contributed by atoms with E-state index in [0.717, 1.165) is 25.2 Å². The van der Waals surface area contributed by atoms with Crippen LogP contribution in [-0.2, 0) is 0 Å². The molecule has 96 valence electrons. The molecule has 0 aliphatic carbocycles. The molecule has 0 amide bonds. The van der Waals surface area contributed by atoms with Gasteiger partial charge in [0.1, 0.15) is 5.82 Å². The highest BCUT2D eigenvalue weighted by Gasteiger charge is 2.07. The molecule has 17 heavy (non-hydrogen) atoms. The Balaban J connectivity index is 2.46. The van der Waals surface area contributed by atoms with Crippen molar-refractivity contribution in [3.05, 3.63) is 34.1 Å². The van der Waals surface area contributed by atoms with Gasteiger partial charge >= 0.3 is 0 Å². The van der Waals surface area contributed by atoms with Crippen LogP contribution in [0.3, 0.4) is 0 Å². The van der Waals surface area contributed by atoms with Gasteiger partial charge < -0.3 is 10.2 Å². The Morgan fingerprint density at radius 1 is 1.47 bits per heavy atom. The summed E-state index contributed by atoms with van der Waals surface area (Å²) in [5.74, 6) is -0.216. The van der Waals surface area contributed by atoms with Gasteiger partial charge in [0.15, 0.2) is 0 Å². The minimum atomic E-state index is -0.216. The fourth-order valence-electron chi connectivity index (χ4n) is 1.53. The maximum atomic E-state index is 13.1. The van der Waals surface area contributed by atoms with Crippen molar-refractivity contribution in [1.29, 1.82) is 0 Å². The zero-order valence-electron chi connectivity index (χ0n) is 10.6. The summed E-state index contributed by atoms with van der Waals surface area (Å²) in [7, 11) is 2.10. The lowest BCUT2D eigenvalue weighted by Gasteiger charge is -2.18. The zero-order chi connectivity index (χ0) is 12.8. The Labute approximate surface area is 111 Å². The molecule has 1 atom stereocenters. The van der Waals surface area contributed by atoms with Crippen molar-refractivity contribution in [3.63, 3.8) is 0 Å². The fraction of sp³-hybridized carbons (Fsp3) is 0.538. The molecule has 0 saturated carbocycles.